The van der Waals surface area contributed by atoms with Crippen molar-refractivity contribution < 1.29 is 14.1 Å². The minimum atomic E-state index is -0.466. The number of fused-ring (bicyclic) bond motifs is 4. The molecule has 32 heavy (non-hydrogen) atoms. The van der Waals surface area contributed by atoms with E-state index in [0.717, 1.165) is 21.7 Å². The van der Waals surface area contributed by atoms with E-state index < -0.39 is 4.92 Å². The molecule has 0 fully saturated rings. The van der Waals surface area contributed by atoms with Crippen molar-refractivity contribution in [2.45, 2.75) is 13.0 Å². The monoisotopic (exact) mass is 425 g/mol. The zero-order valence-corrected chi connectivity index (χ0v) is 17.2. The van der Waals surface area contributed by atoms with Crippen LogP contribution in [0.4, 0.5) is 16.2 Å². The third-order valence-corrected chi connectivity index (χ3v) is 5.57. The normalized spacial score (nSPS) is 12.2. The van der Waals surface area contributed by atoms with Gasteiger partial charge < -0.3 is 15.1 Å². The minimum Gasteiger partial charge on any atom is -0.449 e. The zero-order valence-electron chi connectivity index (χ0n) is 17.2. The quantitative estimate of drug-likeness (QED) is 0.253. The summed E-state index contributed by atoms with van der Waals surface area (Å²) in [5, 5.41) is 20.7. The number of nitrogens with zero attached hydrogens (tertiary/aromatic N) is 1. The Morgan fingerprint density at radius 2 is 1.69 bits per heavy atom. The summed E-state index contributed by atoms with van der Waals surface area (Å²) in [6, 6.07) is 23.5. The van der Waals surface area contributed by atoms with E-state index in [9.17, 15) is 14.9 Å². The van der Waals surface area contributed by atoms with Crippen LogP contribution in [0.25, 0.3) is 32.7 Å². The smallest absolute Gasteiger partial charge is 0.319 e. The third-order valence-electron chi connectivity index (χ3n) is 5.57. The highest BCUT2D eigenvalue weighted by atomic mass is 16.6. The molecular formula is C25H19N3O4. The molecule has 158 valence electrons. The number of amides is 2. The van der Waals surface area contributed by atoms with E-state index in [4.69, 9.17) is 4.42 Å². The van der Waals surface area contributed by atoms with E-state index in [0.29, 0.717) is 16.7 Å². The predicted molar refractivity (Wildman–Crippen MR) is 125 cm³/mol. The van der Waals surface area contributed by atoms with Gasteiger partial charge in [-0.3, -0.25) is 10.1 Å². The first kappa shape index (κ1) is 19.6. The van der Waals surface area contributed by atoms with Crippen molar-refractivity contribution in [3.63, 3.8) is 0 Å². The molecule has 4 aromatic carbocycles. The van der Waals surface area contributed by atoms with E-state index >= 15 is 0 Å². The van der Waals surface area contributed by atoms with E-state index in [1.165, 1.54) is 6.07 Å². The largest absolute Gasteiger partial charge is 0.449 e. The maximum Gasteiger partial charge on any atom is 0.319 e. The van der Waals surface area contributed by atoms with Gasteiger partial charge in [-0.2, -0.15) is 0 Å². The summed E-state index contributed by atoms with van der Waals surface area (Å²) in [5.41, 5.74) is 2.16. The number of nitro benzene ring substituents is 1. The second-order valence-corrected chi connectivity index (χ2v) is 7.61. The lowest BCUT2D eigenvalue weighted by Gasteiger charge is -2.17. The highest BCUT2D eigenvalue weighted by Gasteiger charge is 2.18. The molecule has 7 nitrogen and oxygen atoms in total. The molecule has 5 rings (SSSR count). The van der Waals surface area contributed by atoms with Gasteiger partial charge in [0.15, 0.2) is 0 Å². The Kier molecular flexibility index (Phi) is 4.71. The van der Waals surface area contributed by atoms with E-state index in [1.807, 2.05) is 49.4 Å². The van der Waals surface area contributed by atoms with Gasteiger partial charge in [0.05, 0.1) is 11.0 Å². The molecule has 5 aromatic rings. The molecule has 2 N–H and O–H groups in total. The first-order chi connectivity index (χ1) is 15.5. The first-order valence-corrected chi connectivity index (χ1v) is 10.2. The average Bonchev–Trinajstić information content (AvgIpc) is 3.16. The Morgan fingerprint density at radius 3 is 2.53 bits per heavy atom. The molecule has 2 amide bonds. The van der Waals surface area contributed by atoms with Crippen molar-refractivity contribution in [3.05, 3.63) is 94.5 Å². The molecule has 0 aliphatic carbocycles. The predicted octanol–water partition coefficient (Wildman–Crippen LogP) is 6.53. The van der Waals surface area contributed by atoms with Gasteiger partial charge >= 0.3 is 11.7 Å². The number of para-hydroxylation sites is 1. The number of nitrogens with one attached hydrogen (secondary N) is 2. The molecule has 0 bridgehead atoms. The number of nitro groups is 1. The van der Waals surface area contributed by atoms with Crippen LogP contribution in [0, 0.1) is 10.1 Å². The fourth-order valence-corrected chi connectivity index (χ4v) is 4.07. The van der Waals surface area contributed by atoms with Gasteiger partial charge in [0.1, 0.15) is 5.58 Å². The fourth-order valence-electron chi connectivity index (χ4n) is 4.07. The van der Waals surface area contributed by atoms with Crippen LogP contribution in [0.2, 0.25) is 0 Å². The van der Waals surface area contributed by atoms with Crippen LogP contribution in [0.1, 0.15) is 18.5 Å². The summed E-state index contributed by atoms with van der Waals surface area (Å²) in [4.78, 5) is 23.5. The summed E-state index contributed by atoms with van der Waals surface area (Å²) in [6.45, 7) is 1.93. The lowest BCUT2D eigenvalue weighted by Crippen LogP contribution is -2.31. The fraction of sp³-hybridized carbons (Fsp3) is 0.0800. The van der Waals surface area contributed by atoms with Crippen molar-refractivity contribution in [2.75, 3.05) is 5.32 Å². The molecule has 0 saturated carbocycles. The van der Waals surface area contributed by atoms with Crippen molar-refractivity contribution in [2.24, 2.45) is 0 Å². The maximum atomic E-state index is 12.6. The van der Waals surface area contributed by atoms with Crippen LogP contribution in [0.15, 0.2) is 83.3 Å². The Hall–Kier alpha value is -4.39. The average molecular weight is 425 g/mol. The van der Waals surface area contributed by atoms with Crippen LogP contribution in [0.5, 0.6) is 0 Å². The number of anilines is 1. The number of carbonyl (C=O) groups is 1. The SMILES string of the molecule is CC(NC(=O)Nc1ccc2c(c1)oc1c([N+](=O)[O-])cccc12)c1cccc2ccccc12. The summed E-state index contributed by atoms with van der Waals surface area (Å²) in [7, 11) is 0. The number of furan rings is 1. The maximum absolute atomic E-state index is 12.6. The second kappa shape index (κ2) is 7.70. The first-order valence-electron chi connectivity index (χ1n) is 10.2. The third kappa shape index (κ3) is 3.39. The number of rotatable bonds is 4. The molecule has 1 aromatic heterocycles. The van der Waals surface area contributed by atoms with Crippen molar-refractivity contribution >= 4 is 50.1 Å². The van der Waals surface area contributed by atoms with Crippen molar-refractivity contribution in [1.82, 2.24) is 5.32 Å². The Balaban J connectivity index is 1.39. The number of benzene rings is 4. The molecule has 0 aliphatic heterocycles. The molecule has 1 heterocycles. The Bertz CT molecular complexity index is 1500. The zero-order chi connectivity index (χ0) is 22.2. The summed E-state index contributed by atoms with van der Waals surface area (Å²) >= 11 is 0. The minimum absolute atomic E-state index is 0.0881. The van der Waals surface area contributed by atoms with Gasteiger partial charge in [-0.05, 0) is 41.5 Å². The summed E-state index contributed by atoms with van der Waals surface area (Å²) in [5.74, 6) is 0. The number of urea groups is 1. The molecule has 1 atom stereocenters. The number of non-ortho nitro benzene ring substituents is 1. The van der Waals surface area contributed by atoms with Crippen LogP contribution in [0.3, 0.4) is 0 Å². The summed E-state index contributed by atoms with van der Waals surface area (Å²) in [6.07, 6.45) is 0. The van der Waals surface area contributed by atoms with Crippen molar-refractivity contribution in [1.29, 1.82) is 0 Å². The number of carbonyl (C=O) groups excluding carboxylic acids is 1. The van der Waals surface area contributed by atoms with Gasteiger partial charge in [0.2, 0.25) is 5.58 Å². The molecule has 0 aliphatic rings. The van der Waals surface area contributed by atoms with Gasteiger partial charge in [-0.25, -0.2) is 4.79 Å². The van der Waals surface area contributed by atoms with Crippen LogP contribution >= 0.6 is 0 Å². The van der Waals surface area contributed by atoms with Gasteiger partial charge in [0, 0.05) is 28.6 Å². The lowest BCUT2D eigenvalue weighted by molar-refractivity contribution is -0.383. The highest BCUT2D eigenvalue weighted by Crippen LogP contribution is 2.35. The molecule has 1 unspecified atom stereocenters. The van der Waals surface area contributed by atoms with Crippen LogP contribution in [-0.4, -0.2) is 11.0 Å². The van der Waals surface area contributed by atoms with Crippen LogP contribution < -0.4 is 10.6 Å². The molecule has 0 spiro atoms. The second-order valence-electron chi connectivity index (χ2n) is 7.61. The van der Waals surface area contributed by atoms with Crippen molar-refractivity contribution in [3.8, 4) is 0 Å². The summed E-state index contributed by atoms with van der Waals surface area (Å²) < 4.78 is 5.75. The standard InChI is InChI=1S/C25H19N3O4/c1-15(18-9-4-7-16-6-2-3-8-19(16)18)26-25(29)27-17-12-13-20-21-10-5-11-22(28(30)31)24(21)32-23(20)14-17/h2-15H,1H3,(H2,26,27,29). The number of hydrogen-bond donors (Lipinski definition) is 2. The van der Waals surface area contributed by atoms with E-state index in [-0.39, 0.29) is 23.3 Å². The molecule has 7 heteroatoms. The molecule has 0 saturated heterocycles. The Morgan fingerprint density at radius 1 is 0.938 bits per heavy atom. The molecule has 0 radical (unpaired) electrons. The Labute approximate surface area is 182 Å². The highest BCUT2D eigenvalue weighted by molar-refractivity contribution is 6.08. The van der Waals surface area contributed by atoms with Crippen LogP contribution in [-0.2, 0) is 0 Å². The number of hydrogen-bond acceptors (Lipinski definition) is 4. The van der Waals surface area contributed by atoms with E-state index in [2.05, 4.69) is 10.6 Å². The lowest BCUT2D eigenvalue weighted by atomic mass is 10.00. The molecular weight excluding hydrogens is 406 g/mol. The van der Waals surface area contributed by atoms with E-state index in [1.54, 1.807) is 30.3 Å². The topological polar surface area (TPSA) is 97.4 Å². The van der Waals surface area contributed by atoms with Gasteiger partial charge in [-0.15, -0.1) is 0 Å². The van der Waals surface area contributed by atoms with Gasteiger partial charge in [-0.1, -0.05) is 48.5 Å². The van der Waals surface area contributed by atoms with Gasteiger partial charge in [0.25, 0.3) is 0 Å².